The van der Waals surface area contributed by atoms with Crippen molar-refractivity contribution in [1.82, 2.24) is 0 Å². The number of halogens is 1. The molecule has 0 saturated carbocycles. The number of rotatable bonds is 1. The maximum absolute atomic E-state index is 10.6. The summed E-state index contributed by atoms with van der Waals surface area (Å²) in [6.07, 6.45) is 2.74. The highest BCUT2D eigenvalue weighted by Gasteiger charge is 1.91. The fourth-order valence-electron chi connectivity index (χ4n) is 0.141. The zero-order valence-electron chi connectivity index (χ0n) is 4.46. The van der Waals surface area contributed by atoms with E-state index in [1.807, 2.05) is 0 Å². The van der Waals surface area contributed by atoms with E-state index in [9.17, 15) is 8.42 Å². The van der Waals surface area contributed by atoms with Gasteiger partial charge < -0.3 is 0 Å². The predicted molar refractivity (Wildman–Crippen MR) is 36.4 cm³/mol. The summed E-state index contributed by atoms with van der Waals surface area (Å²) in [6.45, 7) is 0. The Bertz CT molecular complexity index is 196. The molecule has 0 aromatic carbocycles. The van der Waals surface area contributed by atoms with Crippen molar-refractivity contribution in [2.75, 3.05) is 12.5 Å². The lowest BCUT2D eigenvalue weighted by Gasteiger charge is -1.85. The van der Waals surface area contributed by atoms with Crippen molar-refractivity contribution in [3.05, 3.63) is 0 Å². The number of hydrogen-bond donors (Lipinski definition) is 0. The molecule has 0 aliphatic carbocycles. The summed E-state index contributed by atoms with van der Waals surface area (Å²) in [7, 11) is 0.795. The van der Waals surface area contributed by atoms with Gasteiger partial charge in [0, 0.05) is 23.2 Å². The molecule has 0 amide bonds. The molecule has 3 nitrogen and oxygen atoms in total. The van der Waals surface area contributed by atoms with Crippen LogP contribution in [-0.4, -0.2) is 20.9 Å². The summed E-state index contributed by atoms with van der Waals surface area (Å²) in [5, 5.41) is 0. The molecule has 0 aliphatic heterocycles. The Morgan fingerprint density at radius 2 is 2.00 bits per heavy atom. The second-order valence-electron chi connectivity index (χ2n) is 1.46. The summed E-state index contributed by atoms with van der Waals surface area (Å²) in [4.78, 5) is 0. The molecule has 1 atom stereocenters. The van der Waals surface area contributed by atoms with Crippen molar-refractivity contribution in [2.24, 2.45) is 3.77 Å². The third-order valence-corrected chi connectivity index (χ3v) is 2.65. The first kappa shape index (κ1) is 8.39. The largest absolute Gasteiger partial charge is 0.249 e. The lowest BCUT2D eigenvalue weighted by atomic mass is 11.9. The summed E-state index contributed by atoms with van der Waals surface area (Å²) in [5.41, 5.74) is 0. The number of hydrogen-bond acceptors (Lipinski definition) is 2. The van der Waals surface area contributed by atoms with Gasteiger partial charge in [-0.2, -0.15) is 0 Å². The summed E-state index contributed by atoms with van der Waals surface area (Å²) >= 11 is 0. The van der Waals surface area contributed by atoms with Crippen LogP contribution in [0.5, 0.6) is 0 Å². The van der Waals surface area contributed by atoms with E-state index < -0.39 is 19.9 Å². The van der Waals surface area contributed by atoms with Crippen molar-refractivity contribution < 1.29 is 8.42 Å². The van der Waals surface area contributed by atoms with Gasteiger partial charge in [-0.3, -0.25) is 0 Å². The summed E-state index contributed by atoms with van der Waals surface area (Å²) in [6, 6.07) is 0. The molecule has 1 unspecified atom stereocenters. The molecule has 0 aromatic heterocycles. The van der Waals surface area contributed by atoms with Crippen LogP contribution in [0.1, 0.15) is 0 Å². The monoisotopic (exact) mass is 175 g/mol. The highest BCUT2D eigenvalue weighted by atomic mass is 35.7. The number of nitrogens with zero attached hydrogens (tertiary/aromatic N) is 1. The van der Waals surface area contributed by atoms with Crippen molar-refractivity contribution >= 4 is 30.6 Å². The van der Waals surface area contributed by atoms with E-state index in [-0.39, 0.29) is 0 Å². The second-order valence-corrected chi connectivity index (χ2v) is 5.63. The van der Waals surface area contributed by atoms with Gasteiger partial charge in [-0.05, 0) is 0 Å². The Balaban J connectivity index is 4.44. The first-order valence-electron chi connectivity index (χ1n) is 1.67. The van der Waals surface area contributed by atoms with Crippen LogP contribution in [0.15, 0.2) is 3.77 Å². The third-order valence-electron chi connectivity index (χ3n) is 0.238. The predicted octanol–water partition coefficient (Wildman–Crippen LogP) is 0.532. The molecule has 0 aromatic rings. The Hall–Kier alpha value is 0.390. The zero-order chi connectivity index (χ0) is 6.78. The molecular weight excluding hydrogens is 170 g/mol. The molecule has 0 heterocycles. The van der Waals surface area contributed by atoms with Gasteiger partial charge >= 0.3 is 0 Å². The van der Waals surface area contributed by atoms with Crippen LogP contribution in [0.3, 0.4) is 0 Å². The van der Waals surface area contributed by atoms with Gasteiger partial charge in [0.25, 0.3) is 0 Å². The van der Waals surface area contributed by atoms with Crippen LogP contribution in [0.2, 0.25) is 0 Å². The van der Waals surface area contributed by atoms with E-state index in [4.69, 9.17) is 10.7 Å². The minimum atomic E-state index is -2.28. The molecule has 0 bridgehead atoms. The quantitative estimate of drug-likeness (QED) is 0.546. The lowest BCUT2D eigenvalue weighted by molar-refractivity contribution is 0.682. The summed E-state index contributed by atoms with van der Waals surface area (Å²) < 4.78 is 23.7. The van der Waals surface area contributed by atoms with Crippen LogP contribution in [0.4, 0.5) is 0 Å². The third kappa shape index (κ3) is 6.39. The normalized spacial score (nSPS) is 15.4. The van der Waals surface area contributed by atoms with Crippen LogP contribution in [0.25, 0.3) is 0 Å². The first-order chi connectivity index (χ1) is 3.42. The van der Waals surface area contributed by atoms with Crippen LogP contribution in [-0.2, 0) is 19.9 Å². The topological polar surface area (TPSA) is 46.5 Å². The molecule has 0 aliphatic rings. The van der Waals surface area contributed by atoms with Crippen LogP contribution in [0, 0.1) is 0 Å². The highest BCUT2D eigenvalue weighted by molar-refractivity contribution is 8.12. The maximum Gasteiger partial charge on any atom is 0.246 e. The first-order valence-corrected chi connectivity index (χ1v) is 5.93. The van der Waals surface area contributed by atoms with E-state index in [0.717, 1.165) is 0 Å². The van der Waals surface area contributed by atoms with Gasteiger partial charge in [0.15, 0.2) is 0 Å². The van der Waals surface area contributed by atoms with Crippen molar-refractivity contribution in [1.29, 1.82) is 0 Å². The average molecular weight is 176 g/mol. The average Bonchev–Trinajstić information content (AvgIpc) is 1.21. The molecule has 0 fully saturated rings. The van der Waals surface area contributed by atoms with E-state index in [2.05, 4.69) is 3.77 Å². The van der Waals surface area contributed by atoms with Gasteiger partial charge in [-0.25, -0.2) is 8.42 Å². The minimum absolute atomic E-state index is 1.37. The fraction of sp³-hybridized carbons (Fsp3) is 1.00. The van der Waals surface area contributed by atoms with Gasteiger partial charge in [0.2, 0.25) is 10.2 Å². The van der Waals surface area contributed by atoms with Crippen molar-refractivity contribution in [3.8, 4) is 0 Å². The molecule has 6 heteroatoms. The molecule has 8 heavy (non-hydrogen) atoms. The standard InChI is InChI=1S/C2H6ClNO2S2/c1-8(2,6)4-7(3)5/h1-2H3. The second kappa shape index (κ2) is 2.80. The fourth-order valence-corrected chi connectivity index (χ4v) is 2.49. The van der Waals surface area contributed by atoms with Crippen molar-refractivity contribution in [2.45, 2.75) is 0 Å². The molecule has 0 spiro atoms. The Morgan fingerprint density at radius 1 is 1.62 bits per heavy atom. The lowest BCUT2D eigenvalue weighted by Crippen LogP contribution is -1.90. The molecule has 0 saturated heterocycles. The maximum atomic E-state index is 10.6. The Labute approximate surface area is 55.7 Å². The van der Waals surface area contributed by atoms with Gasteiger partial charge in [-0.15, -0.1) is 3.77 Å². The van der Waals surface area contributed by atoms with Gasteiger partial charge in [-0.1, -0.05) is 0 Å². The van der Waals surface area contributed by atoms with E-state index in [0.29, 0.717) is 0 Å². The smallest absolute Gasteiger partial charge is 0.246 e. The molecule has 0 N–H and O–H groups in total. The van der Waals surface area contributed by atoms with Gasteiger partial charge in [0.1, 0.15) is 0 Å². The van der Waals surface area contributed by atoms with E-state index in [1.54, 1.807) is 0 Å². The zero-order valence-corrected chi connectivity index (χ0v) is 6.85. The molecule has 0 rings (SSSR count). The molecule has 50 valence electrons. The minimum Gasteiger partial charge on any atom is -0.249 e. The van der Waals surface area contributed by atoms with Crippen LogP contribution >= 0.6 is 10.7 Å². The molecular formula is C2H6ClNO2S2. The Kier molecular flexibility index (Phi) is 2.93. The summed E-state index contributed by atoms with van der Waals surface area (Å²) in [5.74, 6) is 0. The highest BCUT2D eigenvalue weighted by Crippen LogP contribution is 1.93. The van der Waals surface area contributed by atoms with Crippen molar-refractivity contribution in [3.63, 3.8) is 0 Å². The van der Waals surface area contributed by atoms with E-state index in [1.165, 1.54) is 12.5 Å². The van der Waals surface area contributed by atoms with Crippen LogP contribution < -0.4 is 0 Å². The SMILES string of the molecule is CS(C)(=O)=NS(=O)Cl. The van der Waals surface area contributed by atoms with E-state index >= 15 is 0 Å². The molecule has 0 radical (unpaired) electrons. The van der Waals surface area contributed by atoms with Gasteiger partial charge in [0.05, 0.1) is 9.73 Å². The Morgan fingerprint density at radius 3 is 2.00 bits per heavy atom.